The third-order valence-corrected chi connectivity index (χ3v) is 4.04. The lowest BCUT2D eigenvalue weighted by molar-refractivity contribution is 0.424. The standard InChI is InChI=1S/C12H9FN4OS2/c13-7-2-1-3-8(4-7)19-6-10-16-11(18-17-10)9-5-20-12(14)15-9/h1-5H,6H2,(H2,14,15). The molecule has 0 atom stereocenters. The van der Waals surface area contributed by atoms with Gasteiger partial charge < -0.3 is 10.3 Å². The molecule has 2 heterocycles. The molecule has 0 bridgehead atoms. The third-order valence-electron chi connectivity index (χ3n) is 2.37. The SMILES string of the molecule is Nc1nc(-c2nc(CSc3cccc(F)c3)no2)cs1. The van der Waals surface area contributed by atoms with E-state index < -0.39 is 0 Å². The Morgan fingerprint density at radius 2 is 2.25 bits per heavy atom. The number of thiazole rings is 1. The molecule has 2 N–H and O–H groups in total. The summed E-state index contributed by atoms with van der Waals surface area (Å²) < 4.78 is 18.2. The number of nitrogens with zero attached hydrogens (tertiary/aromatic N) is 3. The zero-order chi connectivity index (χ0) is 13.9. The molecule has 3 aromatic rings. The normalized spacial score (nSPS) is 10.8. The minimum absolute atomic E-state index is 0.262. The zero-order valence-electron chi connectivity index (χ0n) is 10.1. The van der Waals surface area contributed by atoms with Crippen molar-refractivity contribution >= 4 is 28.2 Å². The van der Waals surface area contributed by atoms with Crippen LogP contribution in [0.4, 0.5) is 9.52 Å². The summed E-state index contributed by atoms with van der Waals surface area (Å²) in [7, 11) is 0. The van der Waals surface area contributed by atoms with Crippen molar-refractivity contribution in [2.24, 2.45) is 0 Å². The van der Waals surface area contributed by atoms with E-state index in [0.717, 1.165) is 4.90 Å². The number of anilines is 1. The first-order valence-electron chi connectivity index (χ1n) is 5.63. The summed E-state index contributed by atoms with van der Waals surface area (Å²) >= 11 is 2.75. The maximum atomic E-state index is 13.0. The van der Waals surface area contributed by atoms with E-state index in [-0.39, 0.29) is 5.82 Å². The lowest BCUT2D eigenvalue weighted by Gasteiger charge is -1.97. The summed E-state index contributed by atoms with van der Waals surface area (Å²) in [6, 6.07) is 6.36. The molecule has 0 saturated carbocycles. The second-order valence-electron chi connectivity index (χ2n) is 3.83. The smallest absolute Gasteiger partial charge is 0.277 e. The first kappa shape index (κ1) is 13.1. The number of nitrogens with two attached hydrogens (primary N) is 1. The fraction of sp³-hybridized carbons (Fsp3) is 0.0833. The van der Waals surface area contributed by atoms with Gasteiger partial charge in [0.05, 0.1) is 5.75 Å². The number of aromatic nitrogens is 3. The highest BCUT2D eigenvalue weighted by Gasteiger charge is 2.12. The Kier molecular flexibility index (Phi) is 3.66. The Labute approximate surface area is 122 Å². The van der Waals surface area contributed by atoms with Gasteiger partial charge >= 0.3 is 0 Å². The minimum Gasteiger partial charge on any atom is -0.375 e. The van der Waals surface area contributed by atoms with Crippen molar-refractivity contribution in [2.75, 3.05) is 5.73 Å². The molecule has 20 heavy (non-hydrogen) atoms. The van der Waals surface area contributed by atoms with E-state index in [1.54, 1.807) is 11.4 Å². The molecule has 0 fully saturated rings. The lowest BCUT2D eigenvalue weighted by Crippen LogP contribution is -1.85. The van der Waals surface area contributed by atoms with E-state index >= 15 is 0 Å². The summed E-state index contributed by atoms with van der Waals surface area (Å²) in [6.07, 6.45) is 0. The van der Waals surface area contributed by atoms with E-state index in [9.17, 15) is 4.39 Å². The van der Waals surface area contributed by atoms with Gasteiger partial charge in [-0.15, -0.1) is 23.1 Å². The number of thioether (sulfide) groups is 1. The van der Waals surface area contributed by atoms with Crippen LogP contribution in [0.15, 0.2) is 39.1 Å². The number of hydrogen-bond donors (Lipinski definition) is 1. The number of hydrogen-bond acceptors (Lipinski definition) is 7. The summed E-state index contributed by atoms with van der Waals surface area (Å²) in [5, 5.41) is 6.07. The number of benzene rings is 1. The van der Waals surface area contributed by atoms with Crippen LogP contribution < -0.4 is 5.73 Å². The van der Waals surface area contributed by atoms with Crippen molar-refractivity contribution < 1.29 is 8.91 Å². The van der Waals surface area contributed by atoms with Crippen molar-refractivity contribution in [1.82, 2.24) is 15.1 Å². The van der Waals surface area contributed by atoms with Gasteiger partial charge in [0.15, 0.2) is 11.0 Å². The molecule has 0 spiro atoms. The van der Waals surface area contributed by atoms with Gasteiger partial charge in [-0.1, -0.05) is 11.2 Å². The highest BCUT2D eigenvalue weighted by atomic mass is 32.2. The molecular formula is C12H9FN4OS2. The van der Waals surface area contributed by atoms with Gasteiger partial charge in [-0.05, 0) is 18.2 Å². The summed E-state index contributed by atoms with van der Waals surface area (Å²) in [5.74, 6) is 1.10. The highest BCUT2D eigenvalue weighted by molar-refractivity contribution is 7.98. The fourth-order valence-corrected chi connectivity index (χ4v) is 2.83. The van der Waals surface area contributed by atoms with Crippen LogP contribution in [0.1, 0.15) is 5.82 Å². The number of nitrogen functional groups attached to an aromatic ring is 1. The largest absolute Gasteiger partial charge is 0.375 e. The van der Waals surface area contributed by atoms with Crippen molar-refractivity contribution in [3.8, 4) is 11.6 Å². The van der Waals surface area contributed by atoms with Crippen LogP contribution in [0.25, 0.3) is 11.6 Å². The summed E-state index contributed by atoms with van der Waals surface area (Å²) in [4.78, 5) is 9.11. The van der Waals surface area contributed by atoms with Crippen molar-refractivity contribution in [2.45, 2.75) is 10.6 Å². The number of halogens is 1. The van der Waals surface area contributed by atoms with Crippen LogP contribution in [0.3, 0.4) is 0 Å². The Bertz CT molecular complexity index is 728. The molecule has 0 unspecified atom stereocenters. The van der Waals surface area contributed by atoms with Crippen LogP contribution in [-0.2, 0) is 5.75 Å². The quantitative estimate of drug-likeness (QED) is 0.746. The molecule has 0 aliphatic carbocycles. The Morgan fingerprint density at radius 3 is 3.00 bits per heavy atom. The average molecular weight is 308 g/mol. The van der Waals surface area contributed by atoms with Gasteiger partial charge in [0.2, 0.25) is 0 Å². The van der Waals surface area contributed by atoms with Gasteiger partial charge in [-0.3, -0.25) is 0 Å². The molecule has 2 aromatic heterocycles. The Balaban J connectivity index is 1.68. The van der Waals surface area contributed by atoms with Gasteiger partial charge in [-0.2, -0.15) is 4.98 Å². The second kappa shape index (κ2) is 5.59. The molecule has 1 aromatic carbocycles. The van der Waals surface area contributed by atoms with Crippen LogP contribution in [0.2, 0.25) is 0 Å². The maximum absolute atomic E-state index is 13.0. The highest BCUT2D eigenvalue weighted by Crippen LogP contribution is 2.25. The van der Waals surface area contributed by atoms with E-state index in [2.05, 4.69) is 15.1 Å². The van der Waals surface area contributed by atoms with Crippen LogP contribution in [0.5, 0.6) is 0 Å². The molecular weight excluding hydrogens is 299 g/mol. The number of rotatable bonds is 4. The topological polar surface area (TPSA) is 77.8 Å². The molecule has 8 heteroatoms. The van der Waals surface area contributed by atoms with Crippen LogP contribution >= 0.6 is 23.1 Å². The van der Waals surface area contributed by atoms with Crippen molar-refractivity contribution in [3.63, 3.8) is 0 Å². The molecule has 102 valence electrons. The van der Waals surface area contributed by atoms with Crippen LogP contribution in [-0.4, -0.2) is 15.1 Å². The van der Waals surface area contributed by atoms with E-state index in [1.807, 2.05) is 6.07 Å². The van der Waals surface area contributed by atoms with Crippen LogP contribution in [0, 0.1) is 5.82 Å². The van der Waals surface area contributed by atoms with Gasteiger partial charge in [-0.25, -0.2) is 9.37 Å². The zero-order valence-corrected chi connectivity index (χ0v) is 11.7. The second-order valence-corrected chi connectivity index (χ2v) is 5.77. The van der Waals surface area contributed by atoms with E-state index in [4.69, 9.17) is 10.3 Å². The van der Waals surface area contributed by atoms with E-state index in [0.29, 0.717) is 28.3 Å². The van der Waals surface area contributed by atoms with Crippen molar-refractivity contribution in [3.05, 3.63) is 41.3 Å². The van der Waals surface area contributed by atoms with Gasteiger partial charge in [0, 0.05) is 10.3 Å². The predicted molar refractivity (Wildman–Crippen MR) is 75.8 cm³/mol. The molecule has 0 amide bonds. The Hall–Kier alpha value is -1.93. The molecule has 0 aliphatic heterocycles. The summed E-state index contributed by atoms with van der Waals surface area (Å²) in [6.45, 7) is 0. The fourth-order valence-electron chi connectivity index (χ4n) is 1.51. The molecule has 5 nitrogen and oxygen atoms in total. The van der Waals surface area contributed by atoms with Gasteiger partial charge in [0.1, 0.15) is 11.5 Å². The molecule has 0 radical (unpaired) electrons. The molecule has 0 saturated heterocycles. The molecule has 0 aliphatic rings. The lowest BCUT2D eigenvalue weighted by atomic mass is 10.4. The van der Waals surface area contributed by atoms with E-state index in [1.165, 1.54) is 35.2 Å². The third kappa shape index (κ3) is 2.97. The predicted octanol–water partition coefficient (Wildman–Crippen LogP) is 3.21. The molecule has 3 rings (SSSR count). The monoisotopic (exact) mass is 308 g/mol. The minimum atomic E-state index is -0.262. The first-order chi connectivity index (χ1) is 9.70. The summed E-state index contributed by atoms with van der Waals surface area (Å²) in [5.41, 5.74) is 6.12. The Morgan fingerprint density at radius 1 is 1.35 bits per heavy atom. The van der Waals surface area contributed by atoms with Crippen molar-refractivity contribution in [1.29, 1.82) is 0 Å². The first-order valence-corrected chi connectivity index (χ1v) is 7.49. The average Bonchev–Trinajstić information content (AvgIpc) is 3.05. The maximum Gasteiger partial charge on any atom is 0.277 e. The van der Waals surface area contributed by atoms with Gasteiger partial charge in [0.25, 0.3) is 5.89 Å².